The van der Waals surface area contributed by atoms with E-state index in [2.05, 4.69) is 0 Å². The van der Waals surface area contributed by atoms with Crippen LogP contribution in [0.5, 0.6) is 5.75 Å². The molecule has 1 fully saturated rings. The van der Waals surface area contributed by atoms with Crippen LogP contribution in [0.4, 0.5) is 18.9 Å². The van der Waals surface area contributed by atoms with Crippen LogP contribution in [0, 0.1) is 10.1 Å². The monoisotopic (exact) mass is 610 g/mol. The first-order valence-electron chi connectivity index (χ1n) is 11.5. The molecule has 0 radical (unpaired) electrons. The molecule has 3 N–H and O–H groups in total. The second kappa shape index (κ2) is 10.8. The fourth-order valence-corrected chi connectivity index (χ4v) is 5.70. The Morgan fingerprint density at radius 3 is 2.66 bits per heavy atom. The van der Waals surface area contributed by atoms with Crippen LogP contribution in [0.1, 0.15) is 25.6 Å². The van der Waals surface area contributed by atoms with Crippen molar-refractivity contribution in [1.29, 1.82) is 0 Å². The Bertz CT molecular complexity index is 1500. The number of benzene rings is 1. The molecule has 4 rings (SSSR count). The summed E-state index contributed by atoms with van der Waals surface area (Å²) in [4.78, 5) is 71.1. The first-order chi connectivity index (χ1) is 19.0. The number of esters is 1. The van der Waals surface area contributed by atoms with Crippen molar-refractivity contribution < 1.29 is 55.6 Å². The van der Waals surface area contributed by atoms with Gasteiger partial charge in [0.05, 0.1) is 0 Å². The van der Waals surface area contributed by atoms with E-state index in [1.165, 1.54) is 6.07 Å². The summed E-state index contributed by atoms with van der Waals surface area (Å²) in [6.07, 6.45) is -9.62. The molecule has 0 spiro atoms. The van der Waals surface area contributed by atoms with Crippen LogP contribution >= 0.6 is 8.17 Å². The third kappa shape index (κ3) is 6.23. The number of nitro benzene ring substituents is 1. The molecule has 224 valence electrons. The Labute approximate surface area is 226 Å². The molecule has 1 saturated heterocycles. The van der Waals surface area contributed by atoms with Gasteiger partial charge in [0.25, 0.3) is 0 Å². The summed E-state index contributed by atoms with van der Waals surface area (Å²) in [7, 11) is -4.57. The number of carbonyl (C=O) groups is 2. The van der Waals surface area contributed by atoms with Crippen molar-refractivity contribution in [1.82, 2.24) is 14.9 Å². The number of halogens is 3. The fourth-order valence-electron chi connectivity index (χ4n) is 4.31. The number of carbonyl (C=O) groups excluding carboxylic acids is 2. The molecule has 4 atom stereocenters. The summed E-state index contributed by atoms with van der Waals surface area (Å²) >= 11 is 0. The van der Waals surface area contributed by atoms with Gasteiger partial charge in [0.15, 0.2) is 0 Å². The van der Waals surface area contributed by atoms with Gasteiger partial charge in [0.1, 0.15) is 0 Å². The summed E-state index contributed by atoms with van der Waals surface area (Å²) in [6, 6.07) is 4.33. The molecule has 1 amide bonds. The predicted octanol–water partition coefficient (Wildman–Crippen LogP) is 0.739. The average Bonchev–Trinajstić information content (AvgIpc) is 3.12. The van der Waals surface area contributed by atoms with Crippen LogP contribution < -0.4 is 21.1 Å². The molecule has 0 unspecified atom stereocenters. The number of alkyl halides is 3. The number of rotatable bonds is 7. The Morgan fingerprint density at radius 2 is 2.05 bits per heavy atom. The number of aromatic amines is 1. The predicted molar refractivity (Wildman–Crippen MR) is 128 cm³/mol. The molecule has 2 aromatic rings. The van der Waals surface area contributed by atoms with Crippen molar-refractivity contribution >= 4 is 25.7 Å². The number of fused-ring (bicyclic) bond motifs is 1. The molecule has 20 heteroatoms. The van der Waals surface area contributed by atoms with E-state index < -0.39 is 73.0 Å². The van der Waals surface area contributed by atoms with Gasteiger partial charge in [-0.3, -0.25) is 0 Å². The molecule has 1 aromatic carbocycles. The summed E-state index contributed by atoms with van der Waals surface area (Å²) in [5.74, 6) is -3.47. The van der Waals surface area contributed by atoms with Crippen LogP contribution in [0.2, 0.25) is 0 Å². The van der Waals surface area contributed by atoms with E-state index >= 15 is 0 Å². The maximum absolute atomic E-state index is 13.3. The number of H-pyrrole nitrogens is 1. The van der Waals surface area contributed by atoms with E-state index in [1.54, 1.807) is 5.32 Å². The Balaban J connectivity index is 1.65. The minimum atomic E-state index is -5.40. The first-order valence-corrected chi connectivity index (χ1v) is 13.2. The van der Waals surface area contributed by atoms with Crippen molar-refractivity contribution in [3.05, 3.63) is 67.0 Å². The van der Waals surface area contributed by atoms with Gasteiger partial charge >= 0.3 is 226 Å². The summed E-state index contributed by atoms with van der Waals surface area (Å²) in [6.45, 7) is 0.799. The van der Waals surface area contributed by atoms with Crippen molar-refractivity contribution in [2.24, 2.45) is 0 Å². The van der Waals surface area contributed by atoms with Gasteiger partial charge in [-0.15, -0.1) is 0 Å². The summed E-state index contributed by atoms with van der Waals surface area (Å²) in [5, 5.41) is 12.7. The number of hydrogen-bond acceptors (Lipinski definition) is 12. The second-order valence-corrected chi connectivity index (χ2v) is 10.9. The molecular weight excluding hydrogens is 588 g/mol. The van der Waals surface area contributed by atoms with Gasteiger partial charge < -0.3 is 0 Å². The zero-order chi connectivity index (χ0) is 30.3. The fraction of sp³-hybridized carbons (Fsp3) is 0.429. The average molecular weight is 610 g/mol. The number of amides is 1. The number of hydrogen-bond donors (Lipinski definition) is 3. The van der Waals surface area contributed by atoms with Gasteiger partial charge in [-0.1, -0.05) is 0 Å². The molecule has 3 heterocycles. The zero-order valence-corrected chi connectivity index (χ0v) is 22.0. The molecule has 0 saturated carbocycles. The zero-order valence-electron chi connectivity index (χ0n) is 21.0. The van der Waals surface area contributed by atoms with E-state index in [0.717, 1.165) is 38.2 Å². The normalized spacial score (nSPS) is 25.9. The number of nitro groups is 1. The van der Waals surface area contributed by atoms with E-state index in [9.17, 15) is 47.4 Å². The number of nitrogens with one attached hydrogen (secondary N) is 2. The molecule has 2 aliphatic heterocycles. The molecular formula is C21H22F3N4O12P. The third-order valence-electron chi connectivity index (χ3n) is 6.12. The Kier molecular flexibility index (Phi) is 7.94. The van der Waals surface area contributed by atoms with Gasteiger partial charge in [0.2, 0.25) is 0 Å². The van der Waals surface area contributed by atoms with Gasteiger partial charge in [-0.05, 0) is 0 Å². The minimum absolute atomic E-state index is 0.000148. The van der Waals surface area contributed by atoms with E-state index in [0.29, 0.717) is 4.57 Å². The number of nitrogens with zero attached hydrogens (tertiary/aromatic N) is 2. The molecule has 2 aliphatic rings. The van der Waals surface area contributed by atoms with Gasteiger partial charge in [-0.25, -0.2) is 0 Å². The molecule has 1 aromatic heterocycles. The molecule has 41 heavy (non-hydrogen) atoms. The molecule has 0 aliphatic carbocycles. The standard InChI is InChI=1S/C21H22F3N4O12P/c1-10(29)38-16-14(9-37-41(35)36-8-11-7-12(28(33)34)3-4-13(11)40-41)39-18(27-6-5-15(30)25-19(27)32)20(16,2)26-17(31)21(22,23)24/h3-7,14,16,18,35,41H,8-9H2,1-2H3,(H,26,31)(H,25,30,32)/t14-,16+,18+,20+/m0/s1. The van der Waals surface area contributed by atoms with Crippen molar-refractivity contribution in [2.45, 2.75) is 50.6 Å². The third-order valence-corrected chi connectivity index (χ3v) is 7.63. The van der Waals surface area contributed by atoms with E-state index in [1.807, 2.05) is 4.98 Å². The van der Waals surface area contributed by atoms with Crippen LogP contribution in [0.3, 0.4) is 0 Å². The van der Waals surface area contributed by atoms with Crippen molar-refractivity contribution in [3.63, 3.8) is 0 Å². The quantitative estimate of drug-likeness (QED) is 0.172. The van der Waals surface area contributed by atoms with Crippen molar-refractivity contribution in [3.8, 4) is 5.75 Å². The number of ether oxygens (including phenoxy) is 2. The van der Waals surface area contributed by atoms with Crippen LogP contribution in [0.15, 0.2) is 40.1 Å². The van der Waals surface area contributed by atoms with Gasteiger partial charge in [-0.2, -0.15) is 0 Å². The Hall–Kier alpha value is -3.90. The van der Waals surface area contributed by atoms with E-state index in [-0.39, 0.29) is 23.6 Å². The van der Waals surface area contributed by atoms with Crippen molar-refractivity contribution in [2.75, 3.05) is 6.61 Å². The maximum atomic E-state index is 13.3. The summed E-state index contributed by atoms with van der Waals surface area (Å²) in [5.41, 5.74) is -4.31. The van der Waals surface area contributed by atoms with Crippen LogP contribution in [-0.4, -0.2) is 61.8 Å². The topological polar surface area (TPSA) is 211 Å². The summed E-state index contributed by atoms with van der Waals surface area (Å²) < 4.78 is 67.4. The number of aromatic nitrogens is 2. The molecule has 0 bridgehead atoms. The first kappa shape index (κ1) is 30.1. The Morgan fingerprint density at radius 1 is 1.34 bits per heavy atom. The molecule has 16 nitrogen and oxygen atoms in total. The van der Waals surface area contributed by atoms with Crippen LogP contribution in [-0.2, 0) is 34.7 Å². The number of non-ortho nitro benzene ring substituents is 1. The SMILES string of the molecule is CC(=O)O[C@@H]1[C@H](CO[PH]2(O)OCc3cc([N+](=O)[O-])ccc3O2)O[C@@H](n2ccc(=O)[nH]c2=O)[C@]1(C)NC(=O)C(F)(F)F. The second-order valence-electron chi connectivity index (χ2n) is 9.08. The van der Waals surface area contributed by atoms with E-state index in [4.69, 9.17) is 23.0 Å². The van der Waals surface area contributed by atoms with Crippen LogP contribution in [0.25, 0.3) is 0 Å². The van der Waals surface area contributed by atoms with Gasteiger partial charge in [0, 0.05) is 0 Å².